The molecule has 3 heterocycles. The van der Waals surface area contributed by atoms with Crippen molar-refractivity contribution in [1.82, 2.24) is 19.9 Å². The predicted molar refractivity (Wildman–Crippen MR) is 102 cm³/mol. The molecule has 0 amide bonds. The Bertz CT molecular complexity index is 1170. The summed E-state index contributed by atoms with van der Waals surface area (Å²) in [6.07, 6.45) is 2.96. The van der Waals surface area contributed by atoms with Crippen molar-refractivity contribution in [2.45, 2.75) is 0 Å². The highest BCUT2D eigenvalue weighted by Gasteiger charge is 2.18. The number of rotatable bonds is 4. The molecule has 10 heteroatoms. The standard InChI is InChI=1S/C17H11Cl2N5O3/c1-26-24-15-9(8-20-17(22-15)21-13-5-6-27-23-13)7-10(16(24)25)14-11(18)3-2-4-12(14)19/h2-8H,1H3,(H,20,21,22,23). The normalized spacial score (nSPS) is 10.9. The molecule has 1 aromatic carbocycles. The molecule has 8 nitrogen and oxygen atoms in total. The van der Waals surface area contributed by atoms with Gasteiger partial charge in [0.25, 0.3) is 5.56 Å². The second kappa shape index (κ2) is 6.90. The van der Waals surface area contributed by atoms with Crippen molar-refractivity contribution in [3.05, 3.63) is 63.2 Å². The summed E-state index contributed by atoms with van der Waals surface area (Å²) < 4.78 is 5.81. The number of benzene rings is 1. The second-order valence-corrected chi connectivity index (χ2v) is 6.23. The lowest BCUT2D eigenvalue weighted by molar-refractivity contribution is 0.168. The van der Waals surface area contributed by atoms with Crippen molar-refractivity contribution in [3.63, 3.8) is 0 Å². The Kier molecular flexibility index (Phi) is 4.43. The molecule has 0 fully saturated rings. The maximum Gasteiger partial charge on any atom is 0.293 e. The van der Waals surface area contributed by atoms with Crippen LogP contribution in [0.3, 0.4) is 0 Å². The first-order chi connectivity index (χ1) is 13.1. The number of aromatic nitrogens is 4. The van der Waals surface area contributed by atoms with Gasteiger partial charge in [-0.1, -0.05) is 34.4 Å². The van der Waals surface area contributed by atoms with Crippen LogP contribution in [-0.4, -0.2) is 27.0 Å². The molecule has 0 atom stereocenters. The molecule has 0 saturated heterocycles. The van der Waals surface area contributed by atoms with E-state index in [2.05, 4.69) is 20.4 Å². The molecule has 3 aromatic heterocycles. The van der Waals surface area contributed by atoms with Gasteiger partial charge < -0.3 is 14.7 Å². The number of fused-ring (bicyclic) bond motifs is 1. The molecule has 4 aromatic rings. The average Bonchev–Trinajstić information content (AvgIpc) is 3.15. The first kappa shape index (κ1) is 17.3. The molecule has 0 saturated carbocycles. The summed E-state index contributed by atoms with van der Waals surface area (Å²) in [6, 6.07) is 8.25. The van der Waals surface area contributed by atoms with Crippen molar-refractivity contribution in [3.8, 4) is 11.1 Å². The average molecular weight is 404 g/mol. The van der Waals surface area contributed by atoms with E-state index in [-0.39, 0.29) is 17.2 Å². The first-order valence-electron chi connectivity index (χ1n) is 7.67. The fraction of sp³-hybridized carbons (Fsp3) is 0.0588. The van der Waals surface area contributed by atoms with Gasteiger partial charge in [0.2, 0.25) is 5.95 Å². The van der Waals surface area contributed by atoms with E-state index < -0.39 is 5.56 Å². The third-order valence-corrected chi connectivity index (χ3v) is 4.43. The molecule has 27 heavy (non-hydrogen) atoms. The van der Waals surface area contributed by atoms with E-state index in [1.54, 1.807) is 36.5 Å². The van der Waals surface area contributed by atoms with Crippen LogP contribution in [0.1, 0.15) is 0 Å². The summed E-state index contributed by atoms with van der Waals surface area (Å²) in [7, 11) is 1.37. The number of halogens is 2. The van der Waals surface area contributed by atoms with Gasteiger partial charge in [-0.3, -0.25) is 4.79 Å². The zero-order chi connectivity index (χ0) is 19.0. The molecule has 0 spiro atoms. The lowest BCUT2D eigenvalue weighted by atomic mass is 10.1. The SMILES string of the molecule is COn1c(=O)c(-c2c(Cl)cccc2Cl)cc2cnc(Nc3ccon3)nc21. The Morgan fingerprint density at radius 2 is 2.00 bits per heavy atom. The Balaban J connectivity index is 1.92. The minimum atomic E-state index is -0.453. The number of anilines is 2. The Labute approximate surface area is 162 Å². The summed E-state index contributed by atoms with van der Waals surface area (Å²) in [4.78, 5) is 26.8. The van der Waals surface area contributed by atoms with Crippen LogP contribution in [-0.2, 0) is 0 Å². The topological polar surface area (TPSA) is 95.1 Å². The van der Waals surface area contributed by atoms with Crippen molar-refractivity contribution in [1.29, 1.82) is 0 Å². The third-order valence-electron chi connectivity index (χ3n) is 3.80. The van der Waals surface area contributed by atoms with E-state index in [1.165, 1.54) is 13.4 Å². The van der Waals surface area contributed by atoms with Crippen molar-refractivity contribution < 1.29 is 9.36 Å². The van der Waals surface area contributed by atoms with Crippen LogP contribution in [0.5, 0.6) is 0 Å². The van der Waals surface area contributed by atoms with E-state index in [9.17, 15) is 4.79 Å². The molecule has 136 valence electrons. The van der Waals surface area contributed by atoms with Gasteiger partial charge in [-0.05, 0) is 18.2 Å². The number of nitrogens with one attached hydrogen (secondary N) is 1. The Morgan fingerprint density at radius 3 is 2.67 bits per heavy atom. The van der Waals surface area contributed by atoms with Crippen LogP contribution in [0.2, 0.25) is 10.0 Å². The van der Waals surface area contributed by atoms with Crippen molar-refractivity contribution in [2.75, 3.05) is 12.4 Å². The Hall–Kier alpha value is -3.10. The molecule has 0 bridgehead atoms. The van der Waals surface area contributed by atoms with E-state index >= 15 is 0 Å². The second-order valence-electron chi connectivity index (χ2n) is 5.42. The van der Waals surface area contributed by atoms with Crippen molar-refractivity contribution in [2.24, 2.45) is 0 Å². The quantitative estimate of drug-likeness (QED) is 0.556. The van der Waals surface area contributed by atoms with Crippen LogP contribution in [0.4, 0.5) is 11.8 Å². The molecule has 0 radical (unpaired) electrons. The highest BCUT2D eigenvalue weighted by Crippen LogP contribution is 2.33. The predicted octanol–water partition coefficient (Wildman–Crippen LogP) is 3.56. The monoisotopic (exact) mass is 403 g/mol. The van der Waals surface area contributed by atoms with Crippen LogP contribution >= 0.6 is 23.2 Å². The van der Waals surface area contributed by atoms with Gasteiger partial charge in [-0.25, -0.2) is 4.98 Å². The minimum Gasteiger partial charge on any atom is -0.412 e. The van der Waals surface area contributed by atoms with Gasteiger partial charge in [0.05, 0.1) is 15.6 Å². The van der Waals surface area contributed by atoms with Crippen LogP contribution in [0.15, 0.2) is 52.1 Å². The van der Waals surface area contributed by atoms with Crippen LogP contribution in [0.25, 0.3) is 22.2 Å². The molecule has 0 aliphatic heterocycles. The number of pyridine rings is 1. The van der Waals surface area contributed by atoms with Gasteiger partial charge in [-0.15, -0.1) is 4.73 Å². The molecule has 4 rings (SSSR count). The lowest BCUT2D eigenvalue weighted by Crippen LogP contribution is -2.27. The Morgan fingerprint density at radius 1 is 1.22 bits per heavy atom. The van der Waals surface area contributed by atoms with E-state index in [1.807, 2.05) is 0 Å². The van der Waals surface area contributed by atoms with E-state index in [4.69, 9.17) is 32.6 Å². The highest BCUT2D eigenvalue weighted by molar-refractivity contribution is 6.39. The summed E-state index contributed by atoms with van der Waals surface area (Å²) in [5, 5.41) is 7.87. The van der Waals surface area contributed by atoms with Gasteiger partial charge >= 0.3 is 0 Å². The smallest absolute Gasteiger partial charge is 0.293 e. The largest absolute Gasteiger partial charge is 0.412 e. The molecule has 0 aliphatic rings. The first-order valence-corrected chi connectivity index (χ1v) is 8.43. The molecular weight excluding hydrogens is 393 g/mol. The number of hydrogen-bond acceptors (Lipinski definition) is 7. The molecule has 0 unspecified atom stereocenters. The maximum absolute atomic E-state index is 13.0. The van der Waals surface area contributed by atoms with Gasteiger partial charge in [0.15, 0.2) is 11.5 Å². The zero-order valence-electron chi connectivity index (χ0n) is 13.8. The third kappa shape index (κ3) is 3.09. The zero-order valence-corrected chi connectivity index (χ0v) is 15.3. The summed E-state index contributed by atoms with van der Waals surface area (Å²) >= 11 is 12.5. The van der Waals surface area contributed by atoms with Gasteiger partial charge in [-0.2, -0.15) is 4.98 Å². The summed E-state index contributed by atoms with van der Waals surface area (Å²) in [5.41, 5.74) is 0.519. The number of nitrogens with zero attached hydrogens (tertiary/aromatic N) is 4. The van der Waals surface area contributed by atoms with Crippen LogP contribution in [0, 0.1) is 0 Å². The van der Waals surface area contributed by atoms with E-state index in [0.29, 0.717) is 26.8 Å². The maximum atomic E-state index is 13.0. The fourth-order valence-electron chi connectivity index (χ4n) is 2.62. The van der Waals surface area contributed by atoms with Crippen LogP contribution < -0.4 is 15.7 Å². The van der Waals surface area contributed by atoms with Gasteiger partial charge in [0.1, 0.15) is 13.4 Å². The fourth-order valence-corrected chi connectivity index (χ4v) is 3.23. The minimum absolute atomic E-state index is 0.227. The molecule has 0 aliphatic carbocycles. The van der Waals surface area contributed by atoms with E-state index in [0.717, 1.165) is 4.73 Å². The van der Waals surface area contributed by atoms with Gasteiger partial charge in [0, 0.05) is 23.2 Å². The molecular formula is C17H11Cl2N5O3. The lowest BCUT2D eigenvalue weighted by Gasteiger charge is -2.12. The molecule has 1 N–H and O–H groups in total. The van der Waals surface area contributed by atoms with Crippen molar-refractivity contribution >= 4 is 46.0 Å². The summed E-state index contributed by atoms with van der Waals surface area (Å²) in [5.74, 6) is 0.658. The highest BCUT2D eigenvalue weighted by atomic mass is 35.5. The summed E-state index contributed by atoms with van der Waals surface area (Å²) in [6.45, 7) is 0. The number of hydrogen-bond donors (Lipinski definition) is 1.